The van der Waals surface area contributed by atoms with Gasteiger partial charge in [-0.25, -0.2) is 0 Å². The predicted octanol–water partition coefficient (Wildman–Crippen LogP) is 3.75. The molecule has 7 heteroatoms. The zero-order valence-electron chi connectivity index (χ0n) is 16.3. The summed E-state index contributed by atoms with van der Waals surface area (Å²) in [4.78, 5) is 26.6. The molecule has 5 nitrogen and oxygen atoms in total. The molecule has 0 spiro atoms. The van der Waals surface area contributed by atoms with Crippen molar-refractivity contribution in [3.05, 3.63) is 64.7 Å². The Hall–Kier alpha value is -2.18. The van der Waals surface area contributed by atoms with Gasteiger partial charge in [0.2, 0.25) is 11.8 Å². The lowest BCUT2D eigenvalue weighted by molar-refractivity contribution is -0.138. The van der Waals surface area contributed by atoms with Gasteiger partial charge in [-0.3, -0.25) is 9.59 Å². The first kappa shape index (κ1) is 22.1. The van der Waals surface area contributed by atoms with E-state index in [1.807, 2.05) is 48.5 Å². The molecule has 1 atom stereocenters. The lowest BCUT2D eigenvalue weighted by Gasteiger charge is -2.28. The van der Waals surface area contributed by atoms with Crippen molar-refractivity contribution in [2.24, 2.45) is 0 Å². The highest BCUT2D eigenvalue weighted by molar-refractivity contribution is 7.99. The highest BCUT2D eigenvalue weighted by Gasteiger charge is 2.25. The molecule has 0 aliphatic rings. The average Bonchev–Trinajstić information content (AvgIpc) is 2.72. The summed E-state index contributed by atoms with van der Waals surface area (Å²) in [5, 5.41) is 3.31. The second-order valence-electron chi connectivity index (χ2n) is 6.25. The van der Waals surface area contributed by atoms with Crippen LogP contribution in [-0.2, 0) is 21.9 Å². The summed E-state index contributed by atoms with van der Waals surface area (Å²) in [5.41, 5.74) is 1.89. The van der Waals surface area contributed by atoms with Crippen LogP contribution in [0.25, 0.3) is 0 Å². The van der Waals surface area contributed by atoms with Crippen LogP contribution in [0, 0.1) is 0 Å². The first-order valence-corrected chi connectivity index (χ1v) is 10.4. The Kier molecular flexibility index (Phi) is 8.67. The number of rotatable bonds is 9. The van der Waals surface area contributed by atoms with Crippen molar-refractivity contribution >= 4 is 35.2 Å². The Balaban J connectivity index is 2.08. The van der Waals surface area contributed by atoms with Crippen LogP contribution >= 0.6 is 23.4 Å². The zero-order chi connectivity index (χ0) is 20.5. The van der Waals surface area contributed by atoms with Crippen molar-refractivity contribution in [2.75, 3.05) is 19.9 Å². The van der Waals surface area contributed by atoms with Gasteiger partial charge in [0.15, 0.2) is 0 Å². The average molecular weight is 421 g/mol. The maximum absolute atomic E-state index is 12.9. The molecule has 0 heterocycles. The smallest absolute Gasteiger partial charge is 0.242 e. The number of methoxy groups -OCH3 is 1. The van der Waals surface area contributed by atoms with Crippen molar-refractivity contribution in [1.29, 1.82) is 0 Å². The Morgan fingerprint density at radius 3 is 2.64 bits per heavy atom. The van der Waals surface area contributed by atoms with E-state index in [1.54, 1.807) is 26.0 Å². The van der Waals surface area contributed by atoms with Crippen LogP contribution in [0.15, 0.2) is 48.5 Å². The monoisotopic (exact) mass is 420 g/mol. The standard InChI is InChI=1S/C21H25ClN2O3S/c1-15(21(26)23-2)24(12-16-7-6-9-18(11-16)27-3)20(25)14-28-13-17-8-4-5-10-19(17)22/h4-11,15H,12-14H2,1-3H3,(H,23,26)/t15-/m1/s1. The molecule has 2 amide bonds. The van der Waals surface area contributed by atoms with E-state index in [4.69, 9.17) is 16.3 Å². The molecule has 1 N–H and O–H groups in total. The Bertz CT molecular complexity index is 816. The van der Waals surface area contributed by atoms with E-state index in [0.29, 0.717) is 23.1 Å². The first-order valence-electron chi connectivity index (χ1n) is 8.91. The molecule has 150 valence electrons. The normalized spacial score (nSPS) is 11.6. The summed E-state index contributed by atoms with van der Waals surface area (Å²) < 4.78 is 5.25. The lowest BCUT2D eigenvalue weighted by Crippen LogP contribution is -2.47. The molecule has 0 bridgehead atoms. The van der Waals surface area contributed by atoms with Gasteiger partial charge in [0.05, 0.1) is 12.9 Å². The SMILES string of the molecule is CNC(=O)[C@@H](C)N(Cc1cccc(OC)c1)C(=O)CSCc1ccccc1Cl. The van der Waals surface area contributed by atoms with Crippen LogP contribution in [0.5, 0.6) is 5.75 Å². The second-order valence-corrected chi connectivity index (χ2v) is 7.64. The van der Waals surface area contributed by atoms with E-state index < -0.39 is 6.04 Å². The van der Waals surface area contributed by atoms with Crippen LogP contribution in [0.4, 0.5) is 0 Å². The summed E-state index contributed by atoms with van der Waals surface area (Å²) in [6.45, 7) is 2.06. The summed E-state index contributed by atoms with van der Waals surface area (Å²) >= 11 is 7.66. The van der Waals surface area contributed by atoms with Crippen LogP contribution < -0.4 is 10.1 Å². The summed E-state index contributed by atoms with van der Waals surface area (Å²) in [6, 6.07) is 14.5. The van der Waals surface area contributed by atoms with Gasteiger partial charge in [0.1, 0.15) is 11.8 Å². The van der Waals surface area contributed by atoms with E-state index in [9.17, 15) is 9.59 Å². The number of nitrogens with one attached hydrogen (secondary N) is 1. The van der Waals surface area contributed by atoms with Crippen LogP contribution in [0.1, 0.15) is 18.1 Å². The minimum absolute atomic E-state index is 0.101. The number of halogens is 1. The van der Waals surface area contributed by atoms with Crippen molar-refractivity contribution in [2.45, 2.75) is 25.3 Å². The van der Waals surface area contributed by atoms with Gasteiger partial charge < -0.3 is 15.0 Å². The predicted molar refractivity (Wildman–Crippen MR) is 115 cm³/mol. The molecule has 0 saturated heterocycles. The Morgan fingerprint density at radius 1 is 1.21 bits per heavy atom. The molecule has 2 rings (SSSR count). The summed E-state index contributed by atoms with van der Waals surface area (Å²) in [5.74, 6) is 1.30. The highest BCUT2D eigenvalue weighted by Crippen LogP contribution is 2.22. The topological polar surface area (TPSA) is 58.6 Å². The fourth-order valence-corrected chi connectivity index (χ4v) is 3.90. The number of amides is 2. The van der Waals surface area contributed by atoms with Gasteiger partial charge in [-0.05, 0) is 36.2 Å². The maximum atomic E-state index is 12.9. The fraction of sp³-hybridized carbons (Fsp3) is 0.333. The molecule has 0 radical (unpaired) electrons. The Morgan fingerprint density at radius 2 is 1.96 bits per heavy atom. The van der Waals surface area contributed by atoms with Gasteiger partial charge in [-0.15, -0.1) is 11.8 Å². The molecule has 0 aliphatic carbocycles. The minimum atomic E-state index is -0.579. The van der Waals surface area contributed by atoms with Crippen molar-refractivity contribution in [3.8, 4) is 5.75 Å². The highest BCUT2D eigenvalue weighted by atomic mass is 35.5. The molecule has 28 heavy (non-hydrogen) atoms. The third-order valence-electron chi connectivity index (χ3n) is 4.34. The molecule has 0 aliphatic heterocycles. The second kappa shape index (κ2) is 11.0. The number of ether oxygens (including phenoxy) is 1. The Labute approximate surface area is 175 Å². The maximum Gasteiger partial charge on any atom is 0.242 e. The summed E-state index contributed by atoms with van der Waals surface area (Å²) in [7, 11) is 3.17. The van der Waals surface area contributed by atoms with Gasteiger partial charge in [0.25, 0.3) is 0 Å². The fourth-order valence-electron chi connectivity index (χ4n) is 2.71. The third kappa shape index (κ3) is 6.17. The van der Waals surface area contributed by atoms with E-state index in [1.165, 1.54) is 11.8 Å². The molecule has 0 unspecified atom stereocenters. The molecule has 0 saturated carbocycles. The zero-order valence-corrected chi connectivity index (χ0v) is 17.8. The van der Waals surface area contributed by atoms with Gasteiger partial charge in [-0.2, -0.15) is 0 Å². The van der Waals surface area contributed by atoms with Gasteiger partial charge >= 0.3 is 0 Å². The molecule has 0 aromatic heterocycles. The molecule has 2 aromatic carbocycles. The number of benzene rings is 2. The number of thioether (sulfide) groups is 1. The van der Waals surface area contributed by atoms with Crippen LogP contribution in [0.3, 0.4) is 0 Å². The number of carbonyl (C=O) groups is 2. The van der Waals surface area contributed by atoms with E-state index in [2.05, 4.69) is 5.32 Å². The molecular formula is C21H25ClN2O3S. The van der Waals surface area contributed by atoms with E-state index in [0.717, 1.165) is 11.1 Å². The van der Waals surface area contributed by atoms with Gasteiger partial charge in [-0.1, -0.05) is 41.9 Å². The van der Waals surface area contributed by atoms with Crippen LogP contribution in [0.2, 0.25) is 5.02 Å². The van der Waals surface area contributed by atoms with E-state index in [-0.39, 0.29) is 17.6 Å². The minimum Gasteiger partial charge on any atom is -0.497 e. The number of likely N-dealkylation sites (N-methyl/N-ethyl adjacent to an activating group) is 1. The lowest BCUT2D eigenvalue weighted by atomic mass is 10.1. The molecular weight excluding hydrogens is 396 g/mol. The quantitative estimate of drug-likeness (QED) is 0.671. The number of nitrogens with zero attached hydrogens (tertiary/aromatic N) is 1. The molecule has 2 aromatic rings. The van der Waals surface area contributed by atoms with Crippen molar-refractivity contribution in [3.63, 3.8) is 0 Å². The first-order chi connectivity index (χ1) is 13.5. The van der Waals surface area contributed by atoms with E-state index >= 15 is 0 Å². The van der Waals surface area contributed by atoms with Crippen molar-refractivity contribution in [1.82, 2.24) is 10.2 Å². The van der Waals surface area contributed by atoms with Crippen LogP contribution in [-0.4, -0.2) is 42.7 Å². The third-order valence-corrected chi connectivity index (χ3v) is 5.68. The largest absolute Gasteiger partial charge is 0.497 e. The summed E-state index contributed by atoms with van der Waals surface area (Å²) in [6.07, 6.45) is 0. The number of hydrogen-bond donors (Lipinski definition) is 1. The van der Waals surface area contributed by atoms with Gasteiger partial charge in [0, 0.05) is 24.4 Å². The number of hydrogen-bond acceptors (Lipinski definition) is 4. The molecule has 0 fully saturated rings. The van der Waals surface area contributed by atoms with Crippen molar-refractivity contribution < 1.29 is 14.3 Å². The number of carbonyl (C=O) groups excluding carboxylic acids is 2.